The van der Waals surface area contributed by atoms with Gasteiger partial charge in [-0.05, 0) is 73.5 Å². The van der Waals surface area contributed by atoms with E-state index in [4.69, 9.17) is 15.0 Å². The lowest BCUT2D eigenvalue weighted by Gasteiger charge is -2.64. The molecule has 1 aromatic carbocycles. The fraction of sp³-hybridized carbons (Fsp3) is 0.708. The Hall–Kier alpha value is -1.28. The van der Waals surface area contributed by atoms with E-state index >= 15 is 0 Å². The molecule has 0 aromatic heterocycles. The maximum Gasteiger partial charge on any atom is 0.481 e. The summed E-state index contributed by atoms with van der Waals surface area (Å²) >= 11 is 0. The lowest BCUT2D eigenvalue weighted by Crippen LogP contribution is -2.65. The van der Waals surface area contributed by atoms with Gasteiger partial charge in [0, 0.05) is 0 Å². The highest BCUT2D eigenvalue weighted by Crippen LogP contribution is 2.65. The zero-order valence-corrected chi connectivity index (χ0v) is 20.7. The van der Waals surface area contributed by atoms with E-state index in [1.807, 2.05) is 0 Å². The number of aromatic hydroxyl groups is 1. The summed E-state index contributed by atoms with van der Waals surface area (Å²) in [6.45, 7) is 11.2. The Morgan fingerprint density at radius 3 is 2.50 bits per heavy atom. The van der Waals surface area contributed by atoms with Gasteiger partial charge in [0.25, 0.3) is 0 Å². The normalized spacial score (nSPS) is 31.8. The van der Waals surface area contributed by atoms with E-state index < -0.39 is 13.2 Å². The molecule has 1 amide bonds. The van der Waals surface area contributed by atoms with E-state index in [1.54, 1.807) is 24.3 Å². The molecular formula is C24H38BClN2O4. The lowest BCUT2D eigenvalue weighted by atomic mass is 9.43. The molecule has 1 unspecified atom stereocenters. The van der Waals surface area contributed by atoms with Gasteiger partial charge in [-0.25, -0.2) is 0 Å². The first-order chi connectivity index (χ1) is 14.5. The van der Waals surface area contributed by atoms with Crippen molar-refractivity contribution in [2.24, 2.45) is 28.9 Å². The smallest absolute Gasteiger partial charge is 0.481 e. The van der Waals surface area contributed by atoms with E-state index in [-0.39, 0.29) is 47.1 Å². The maximum atomic E-state index is 12.9. The molecule has 5 rings (SSSR count). The Bertz CT molecular complexity index is 821. The molecule has 1 aliphatic heterocycles. The highest BCUT2D eigenvalue weighted by atomic mass is 35.5. The topological polar surface area (TPSA) is 93.8 Å². The molecule has 8 heteroatoms. The van der Waals surface area contributed by atoms with Crippen molar-refractivity contribution in [3.05, 3.63) is 29.8 Å². The summed E-state index contributed by atoms with van der Waals surface area (Å²) in [5.74, 6) is 1.32. The van der Waals surface area contributed by atoms with Gasteiger partial charge in [-0.1, -0.05) is 39.8 Å². The molecule has 2 bridgehead atoms. The first-order valence-electron chi connectivity index (χ1n) is 11.7. The van der Waals surface area contributed by atoms with Crippen LogP contribution in [-0.2, 0) is 20.5 Å². The third kappa shape index (κ3) is 4.54. The fourth-order valence-electron chi connectivity index (χ4n) is 6.09. The van der Waals surface area contributed by atoms with Crippen LogP contribution in [0, 0.1) is 23.2 Å². The Labute approximate surface area is 198 Å². The van der Waals surface area contributed by atoms with Crippen molar-refractivity contribution in [2.75, 3.05) is 0 Å². The van der Waals surface area contributed by atoms with Crippen LogP contribution in [0.1, 0.15) is 59.4 Å². The van der Waals surface area contributed by atoms with Gasteiger partial charge < -0.3 is 25.5 Å². The van der Waals surface area contributed by atoms with Crippen LogP contribution in [0.2, 0.25) is 0 Å². The molecular weight excluding hydrogens is 427 g/mol. The average molecular weight is 465 g/mol. The Balaban J connectivity index is 0.00000289. The molecule has 3 aliphatic carbocycles. The predicted octanol–water partition coefficient (Wildman–Crippen LogP) is 3.48. The van der Waals surface area contributed by atoms with Crippen LogP contribution in [0.3, 0.4) is 0 Å². The molecule has 32 heavy (non-hydrogen) atoms. The van der Waals surface area contributed by atoms with E-state index in [0.717, 1.165) is 18.4 Å². The average Bonchev–Trinajstić information content (AvgIpc) is 3.05. The molecule has 4 N–H and O–H groups in total. The first-order valence-corrected chi connectivity index (χ1v) is 11.7. The van der Waals surface area contributed by atoms with Gasteiger partial charge >= 0.3 is 7.12 Å². The third-order valence-electron chi connectivity index (χ3n) is 8.08. The highest BCUT2D eigenvalue weighted by Gasteiger charge is 2.68. The van der Waals surface area contributed by atoms with Gasteiger partial charge in [-0.15, -0.1) is 12.4 Å². The minimum atomic E-state index is -0.676. The first kappa shape index (κ1) is 25.3. The quantitative estimate of drug-likeness (QED) is 0.537. The van der Waals surface area contributed by atoms with Gasteiger partial charge in [0.2, 0.25) is 5.91 Å². The Kier molecular flexibility index (Phi) is 7.26. The number of amides is 1. The second-order valence-corrected chi connectivity index (χ2v) is 11.1. The molecule has 6 atom stereocenters. The van der Waals surface area contributed by atoms with Gasteiger partial charge in [0.15, 0.2) is 0 Å². The minimum absolute atomic E-state index is 0. The van der Waals surface area contributed by atoms with Gasteiger partial charge in [-0.3, -0.25) is 4.79 Å². The van der Waals surface area contributed by atoms with Crippen LogP contribution < -0.4 is 11.1 Å². The summed E-state index contributed by atoms with van der Waals surface area (Å²) in [6, 6.07) is 6.12. The van der Waals surface area contributed by atoms with Crippen LogP contribution in [0.5, 0.6) is 5.75 Å². The Morgan fingerprint density at radius 1 is 1.25 bits per heavy atom. The molecule has 1 saturated heterocycles. The van der Waals surface area contributed by atoms with Crippen molar-refractivity contribution in [3.63, 3.8) is 0 Å². The fourth-order valence-corrected chi connectivity index (χ4v) is 6.09. The SMILES string of the molecule is CC(C)C[C@H](NC(=O)[C@@H](N)Cc1ccc(O)cc1)B1OC2C[C@@H]3C[C@@H](C3(C)C)[C@]2(C)O1.Cl. The number of hydrogen-bond acceptors (Lipinski definition) is 5. The lowest BCUT2D eigenvalue weighted by molar-refractivity contribution is -0.199. The summed E-state index contributed by atoms with van der Waals surface area (Å²) < 4.78 is 13.0. The van der Waals surface area contributed by atoms with Gasteiger partial charge in [0.05, 0.1) is 23.7 Å². The van der Waals surface area contributed by atoms with E-state index in [9.17, 15) is 9.90 Å². The number of phenolic OH excluding ortho intramolecular Hbond substituents is 1. The molecule has 178 valence electrons. The summed E-state index contributed by atoms with van der Waals surface area (Å²) in [5, 5.41) is 12.6. The number of nitrogens with one attached hydrogen (secondary N) is 1. The van der Waals surface area contributed by atoms with E-state index in [1.165, 1.54) is 6.42 Å². The number of carbonyl (C=O) groups is 1. The van der Waals surface area contributed by atoms with Crippen molar-refractivity contribution in [2.45, 2.75) is 84.0 Å². The van der Waals surface area contributed by atoms with Crippen molar-refractivity contribution >= 4 is 25.4 Å². The predicted molar refractivity (Wildman–Crippen MR) is 129 cm³/mol. The third-order valence-corrected chi connectivity index (χ3v) is 8.08. The van der Waals surface area contributed by atoms with Crippen molar-refractivity contribution in [1.82, 2.24) is 5.32 Å². The monoisotopic (exact) mass is 464 g/mol. The van der Waals surface area contributed by atoms with Crippen molar-refractivity contribution in [3.8, 4) is 5.75 Å². The van der Waals surface area contributed by atoms with Crippen LogP contribution >= 0.6 is 12.4 Å². The molecule has 0 radical (unpaired) electrons. The van der Waals surface area contributed by atoms with Gasteiger partial charge in [-0.2, -0.15) is 0 Å². The number of phenols is 1. The number of benzene rings is 1. The molecule has 6 nitrogen and oxygen atoms in total. The summed E-state index contributed by atoms with van der Waals surface area (Å²) in [7, 11) is -0.447. The van der Waals surface area contributed by atoms with Crippen molar-refractivity contribution < 1.29 is 19.2 Å². The molecule has 4 fully saturated rings. The van der Waals surface area contributed by atoms with Crippen LogP contribution in [0.25, 0.3) is 0 Å². The van der Waals surface area contributed by atoms with Crippen molar-refractivity contribution in [1.29, 1.82) is 0 Å². The number of rotatable bonds is 7. The molecule has 4 aliphatic rings. The molecule has 0 spiro atoms. The zero-order chi connectivity index (χ0) is 22.6. The Morgan fingerprint density at radius 2 is 1.91 bits per heavy atom. The van der Waals surface area contributed by atoms with E-state index in [0.29, 0.717) is 24.2 Å². The zero-order valence-electron chi connectivity index (χ0n) is 19.8. The standard InChI is InChI=1S/C24H37BN2O4.ClH/c1-14(2)10-21(27-22(29)18(26)11-15-6-8-17(28)9-7-15)25-30-20-13-16-12-19(23(16,3)4)24(20,5)31-25;/h6-9,14,16,18-21,28H,10-13,26H2,1-5H3,(H,27,29);1H/t16-,18-,19-,20?,21-,24-;/m0./s1. The van der Waals surface area contributed by atoms with Crippen LogP contribution in [-0.4, -0.2) is 41.8 Å². The van der Waals surface area contributed by atoms with E-state index in [2.05, 4.69) is 39.9 Å². The minimum Gasteiger partial charge on any atom is -0.508 e. The van der Waals surface area contributed by atoms with Crippen LogP contribution in [0.4, 0.5) is 0 Å². The summed E-state index contributed by atoms with van der Waals surface area (Å²) in [4.78, 5) is 12.9. The largest absolute Gasteiger partial charge is 0.508 e. The highest BCUT2D eigenvalue weighted by molar-refractivity contribution is 6.47. The number of hydrogen-bond donors (Lipinski definition) is 3. The second-order valence-electron chi connectivity index (χ2n) is 11.1. The molecule has 3 saturated carbocycles. The number of halogens is 1. The number of nitrogens with two attached hydrogens (primary N) is 1. The summed E-state index contributed by atoms with van der Waals surface area (Å²) in [6.07, 6.45) is 3.49. The molecule has 1 aromatic rings. The maximum absolute atomic E-state index is 12.9. The van der Waals surface area contributed by atoms with Gasteiger partial charge in [0.1, 0.15) is 5.75 Å². The number of carbonyl (C=O) groups excluding carboxylic acids is 1. The second kappa shape index (κ2) is 9.17. The summed E-state index contributed by atoms with van der Waals surface area (Å²) in [5.41, 5.74) is 7.12. The molecule has 1 heterocycles. The van der Waals surface area contributed by atoms with Crippen LogP contribution in [0.15, 0.2) is 24.3 Å².